The largest absolute Gasteiger partial charge is 0.376 e. The van der Waals surface area contributed by atoms with Gasteiger partial charge in [0.15, 0.2) is 0 Å². The molecule has 3 heteroatoms. The quantitative estimate of drug-likeness (QED) is 0.569. The molecule has 0 bridgehead atoms. The number of ether oxygens (including phenoxy) is 1. The van der Waals surface area contributed by atoms with Gasteiger partial charge in [0, 0.05) is 19.6 Å². The molecule has 1 fully saturated rings. The van der Waals surface area contributed by atoms with Gasteiger partial charge < -0.3 is 4.74 Å². The maximum absolute atomic E-state index is 11.8. The topological polar surface area (TPSA) is 12.5 Å². The van der Waals surface area contributed by atoms with Crippen molar-refractivity contribution in [2.24, 2.45) is 0 Å². The summed E-state index contributed by atoms with van der Waals surface area (Å²) in [5.41, 5.74) is 0. The molecule has 0 aromatic rings. The summed E-state index contributed by atoms with van der Waals surface area (Å²) in [6, 6.07) is 0. The van der Waals surface area contributed by atoms with Crippen molar-refractivity contribution < 1.29 is 9.13 Å². The van der Waals surface area contributed by atoms with Gasteiger partial charge in [0.05, 0.1) is 12.7 Å². The van der Waals surface area contributed by atoms with Gasteiger partial charge in [-0.15, -0.1) is 0 Å². The van der Waals surface area contributed by atoms with Gasteiger partial charge >= 0.3 is 0 Å². The van der Waals surface area contributed by atoms with Crippen LogP contribution in [0.3, 0.4) is 0 Å². The fraction of sp³-hybridized carbons (Fsp3) is 1.00. The van der Waals surface area contributed by atoms with E-state index in [0.29, 0.717) is 6.54 Å². The molecule has 1 aliphatic rings. The van der Waals surface area contributed by atoms with Crippen molar-refractivity contribution in [1.82, 2.24) is 4.90 Å². The van der Waals surface area contributed by atoms with Gasteiger partial charge in [-0.25, -0.2) is 4.39 Å². The number of hydrogen-bond donors (Lipinski definition) is 0. The van der Waals surface area contributed by atoms with Crippen LogP contribution in [-0.4, -0.2) is 43.9 Å². The third-order valence-electron chi connectivity index (χ3n) is 1.73. The van der Waals surface area contributed by atoms with Gasteiger partial charge in [-0.2, -0.15) is 0 Å². The zero-order valence-electron chi connectivity index (χ0n) is 6.35. The molecule has 0 spiro atoms. The highest BCUT2D eigenvalue weighted by molar-refractivity contribution is 4.66. The average Bonchev–Trinajstić information content (AvgIpc) is 1.88. The van der Waals surface area contributed by atoms with Crippen molar-refractivity contribution in [3.05, 3.63) is 0 Å². The summed E-state index contributed by atoms with van der Waals surface area (Å²) in [5.74, 6) is 0. The lowest BCUT2D eigenvalue weighted by Crippen LogP contribution is -2.41. The van der Waals surface area contributed by atoms with E-state index in [1.54, 1.807) is 0 Å². The van der Waals surface area contributed by atoms with E-state index in [9.17, 15) is 4.39 Å². The Morgan fingerprint density at radius 1 is 1.70 bits per heavy atom. The highest BCUT2D eigenvalue weighted by Crippen LogP contribution is 2.02. The molecule has 0 radical (unpaired) electrons. The molecular weight excluding hydrogens is 133 g/mol. The summed E-state index contributed by atoms with van der Waals surface area (Å²) < 4.78 is 17.1. The zero-order chi connectivity index (χ0) is 7.40. The van der Waals surface area contributed by atoms with Crippen LogP contribution in [0.5, 0.6) is 0 Å². The maximum atomic E-state index is 11.8. The van der Waals surface area contributed by atoms with E-state index in [1.807, 2.05) is 6.92 Å². The van der Waals surface area contributed by atoms with Crippen molar-refractivity contribution >= 4 is 0 Å². The number of hydrogen-bond acceptors (Lipinski definition) is 2. The Bertz CT molecular complexity index is 97.6. The van der Waals surface area contributed by atoms with Crippen LogP contribution in [0.2, 0.25) is 0 Å². The molecule has 0 amide bonds. The molecule has 1 saturated heterocycles. The lowest BCUT2D eigenvalue weighted by Gasteiger charge is -2.29. The van der Waals surface area contributed by atoms with Crippen LogP contribution < -0.4 is 0 Å². The Kier molecular flexibility index (Phi) is 3.09. The van der Waals surface area contributed by atoms with Crippen molar-refractivity contribution in [2.45, 2.75) is 13.0 Å². The first kappa shape index (κ1) is 7.95. The Morgan fingerprint density at radius 2 is 2.50 bits per heavy atom. The van der Waals surface area contributed by atoms with Crippen LogP contribution in [0.25, 0.3) is 0 Å². The van der Waals surface area contributed by atoms with Crippen LogP contribution in [0.15, 0.2) is 0 Å². The molecular formula is C7H14FNO. The minimum Gasteiger partial charge on any atom is -0.376 e. The van der Waals surface area contributed by atoms with Crippen molar-refractivity contribution in [3.8, 4) is 0 Å². The Hall–Kier alpha value is -0.150. The van der Waals surface area contributed by atoms with Crippen LogP contribution in [0, 0.1) is 0 Å². The first-order valence-electron chi connectivity index (χ1n) is 3.73. The maximum Gasteiger partial charge on any atom is 0.102 e. The molecule has 0 N–H and O–H groups in total. The predicted molar refractivity (Wildman–Crippen MR) is 37.8 cm³/mol. The number of nitrogens with zero attached hydrogens (tertiary/aromatic N) is 1. The first-order valence-corrected chi connectivity index (χ1v) is 3.73. The van der Waals surface area contributed by atoms with Crippen molar-refractivity contribution in [3.63, 3.8) is 0 Å². The van der Waals surface area contributed by atoms with E-state index < -0.39 is 0 Å². The van der Waals surface area contributed by atoms with Crippen LogP contribution >= 0.6 is 0 Å². The van der Waals surface area contributed by atoms with Gasteiger partial charge in [-0.05, 0) is 6.92 Å². The van der Waals surface area contributed by atoms with Gasteiger partial charge in [-0.1, -0.05) is 0 Å². The SMILES string of the molecule is CC1CN(CCF)CCO1. The average molecular weight is 147 g/mol. The van der Waals surface area contributed by atoms with Crippen molar-refractivity contribution in [1.29, 1.82) is 0 Å². The Morgan fingerprint density at radius 3 is 3.10 bits per heavy atom. The second-order valence-electron chi connectivity index (χ2n) is 2.67. The summed E-state index contributed by atoms with van der Waals surface area (Å²) >= 11 is 0. The molecule has 10 heavy (non-hydrogen) atoms. The molecule has 0 aliphatic carbocycles. The fourth-order valence-corrected chi connectivity index (χ4v) is 1.21. The van der Waals surface area contributed by atoms with Gasteiger partial charge in [0.1, 0.15) is 6.67 Å². The minimum absolute atomic E-state index is 0.243. The van der Waals surface area contributed by atoms with Crippen LogP contribution in [0.1, 0.15) is 6.92 Å². The molecule has 1 aliphatic heterocycles. The molecule has 1 rings (SSSR count). The molecule has 2 nitrogen and oxygen atoms in total. The third kappa shape index (κ3) is 2.23. The molecule has 0 aromatic carbocycles. The van der Waals surface area contributed by atoms with E-state index in [2.05, 4.69) is 4.90 Å². The van der Waals surface area contributed by atoms with E-state index in [-0.39, 0.29) is 12.8 Å². The fourth-order valence-electron chi connectivity index (χ4n) is 1.21. The molecule has 1 heterocycles. The van der Waals surface area contributed by atoms with Gasteiger partial charge in [0.2, 0.25) is 0 Å². The number of halogens is 1. The molecule has 1 unspecified atom stereocenters. The molecule has 1 atom stereocenters. The van der Waals surface area contributed by atoms with Gasteiger partial charge in [0.25, 0.3) is 0 Å². The minimum atomic E-state index is -0.243. The predicted octanol–water partition coefficient (Wildman–Crippen LogP) is 0.677. The normalized spacial score (nSPS) is 28.8. The zero-order valence-corrected chi connectivity index (χ0v) is 6.35. The molecule has 60 valence electrons. The monoisotopic (exact) mass is 147 g/mol. The van der Waals surface area contributed by atoms with Gasteiger partial charge in [-0.3, -0.25) is 4.90 Å². The lowest BCUT2D eigenvalue weighted by atomic mass is 10.3. The number of rotatable bonds is 2. The standard InChI is InChI=1S/C7H14FNO/c1-7-6-9(3-2-8)4-5-10-7/h7H,2-6H2,1H3. The van der Waals surface area contributed by atoms with E-state index in [1.165, 1.54) is 0 Å². The third-order valence-corrected chi connectivity index (χ3v) is 1.73. The summed E-state index contributed by atoms with van der Waals surface area (Å²) in [4.78, 5) is 2.09. The summed E-state index contributed by atoms with van der Waals surface area (Å²) in [7, 11) is 0. The van der Waals surface area contributed by atoms with Crippen LogP contribution in [-0.2, 0) is 4.74 Å². The summed E-state index contributed by atoms with van der Waals surface area (Å²) in [6.45, 7) is 4.85. The smallest absolute Gasteiger partial charge is 0.102 e. The number of alkyl halides is 1. The van der Waals surface area contributed by atoms with E-state index >= 15 is 0 Å². The van der Waals surface area contributed by atoms with Crippen LogP contribution in [0.4, 0.5) is 4.39 Å². The number of morpholine rings is 1. The summed E-state index contributed by atoms with van der Waals surface area (Å²) in [5, 5.41) is 0. The highest BCUT2D eigenvalue weighted by atomic mass is 19.1. The molecule has 0 saturated carbocycles. The second-order valence-corrected chi connectivity index (χ2v) is 2.67. The van der Waals surface area contributed by atoms with Crippen molar-refractivity contribution in [2.75, 3.05) is 32.9 Å². The Balaban J connectivity index is 2.18. The lowest BCUT2D eigenvalue weighted by molar-refractivity contribution is -0.0195. The van der Waals surface area contributed by atoms with E-state index in [0.717, 1.165) is 19.7 Å². The Labute approximate surface area is 61.0 Å². The highest BCUT2D eigenvalue weighted by Gasteiger charge is 2.15. The molecule has 0 aromatic heterocycles. The van der Waals surface area contributed by atoms with E-state index in [4.69, 9.17) is 4.74 Å². The first-order chi connectivity index (χ1) is 4.83. The second kappa shape index (κ2) is 3.88. The summed E-state index contributed by atoms with van der Waals surface area (Å²) in [6.07, 6.45) is 0.278.